The Labute approximate surface area is 167 Å². The van der Waals surface area contributed by atoms with Gasteiger partial charge in [0.25, 0.3) is 5.91 Å². The van der Waals surface area contributed by atoms with Gasteiger partial charge in [-0.05, 0) is 35.9 Å². The second kappa shape index (κ2) is 8.15. The van der Waals surface area contributed by atoms with E-state index in [9.17, 15) is 4.79 Å². The van der Waals surface area contributed by atoms with Crippen molar-refractivity contribution < 1.29 is 4.79 Å². The summed E-state index contributed by atoms with van der Waals surface area (Å²) in [6.45, 7) is 3.66. The van der Waals surface area contributed by atoms with Crippen molar-refractivity contribution in [3.63, 3.8) is 0 Å². The Morgan fingerprint density at radius 3 is 2.20 bits per heavy atom. The predicted molar refractivity (Wildman–Crippen MR) is 104 cm³/mol. The zero-order valence-corrected chi connectivity index (χ0v) is 16.3. The third kappa shape index (κ3) is 4.60. The summed E-state index contributed by atoms with van der Waals surface area (Å²) in [5.74, 6) is -0.0594. The Morgan fingerprint density at radius 2 is 1.56 bits per heavy atom. The minimum atomic E-state index is -0.0594. The molecular weight excluding hydrogens is 402 g/mol. The summed E-state index contributed by atoms with van der Waals surface area (Å²) in [6, 6.07) is 10.6. The molecule has 2 aromatic rings. The highest BCUT2D eigenvalue weighted by atomic mass is 35.5. The van der Waals surface area contributed by atoms with Crippen LogP contribution in [0.1, 0.15) is 15.9 Å². The van der Waals surface area contributed by atoms with Crippen LogP contribution in [0, 0.1) is 0 Å². The van der Waals surface area contributed by atoms with Gasteiger partial charge in [0.15, 0.2) is 0 Å². The molecule has 0 spiro atoms. The molecule has 25 heavy (non-hydrogen) atoms. The van der Waals surface area contributed by atoms with Crippen LogP contribution in [0.3, 0.4) is 0 Å². The van der Waals surface area contributed by atoms with Crippen molar-refractivity contribution in [1.29, 1.82) is 0 Å². The summed E-state index contributed by atoms with van der Waals surface area (Å²) in [5.41, 5.74) is 1.60. The molecule has 0 aliphatic carbocycles. The zero-order valence-electron chi connectivity index (χ0n) is 13.3. The maximum atomic E-state index is 12.6. The van der Waals surface area contributed by atoms with E-state index in [4.69, 9.17) is 46.4 Å². The first-order chi connectivity index (χ1) is 11.9. The number of nitrogens with zero attached hydrogens (tertiary/aromatic N) is 2. The number of carbonyl (C=O) groups excluding carboxylic acids is 1. The van der Waals surface area contributed by atoms with Crippen molar-refractivity contribution in [3.8, 4) is 0 Å². The van der Waals surface area contributed by atoms with E-state index in [0.29, 0.717) is 38.7 Å². The van der Waals surface area contributed by atoms with Crippen molar-refractivity contribution >= 4 is 52.3 Å². The number of carbonyl (C=O) groups is 1. The largest absolute Gasteiger partial charge is 0.336 e. The van der Waals surface area contributed by atoms with Crippen LogP contribution >= 0.6 is 46.4 Å². The molecule has 1 aliphatic rings. The Balaban J connectivity index is 1.59. The van der Waals surface area contributed by atoms with Crippen LogP contribution in [-0.4, -0.2) is 41.9 Å². The van der Waals surface area contributed by atoms with Gasteiger partial charge < -0.3 is 4.90 Å². The Morgan fingerprint density at radius 1 is 0.840 bits per heavy atom. The number of rotatable bonds is 3. The minimum Gasteiger partial charge on any atom is -0.336 e. The molecule has 0 bridgehead atoms. The topological polar surface area (TPSA) is 23.6 Å². The van der Waals surface area contributed by atoms with E-state index in [2.05, 4.69) is 4.90 Å². The summed E-state index contributed by atoms with van der Waals surface area (Å²) < 4.78 is 0. The van der Waals surface area contributed by atoms with E-state index in [0.717, 1.165) is 25.2 Å². The first kappa shape index (κ1) is 18.8. The third-order valence-electron chi connectivity index (χ3n) is 4.21. The minimum absolute atomic E-state index is 0.0594. The molecule has 3 nitrogen and oxygen atoms in total. The van der Waals surface area contributed by atoms with Crippen molar-refractivity contribution in [2.45, 2.75) is 6.54 Å². The molecule has 1 fully saturated rings. The van der Waals surface area contributed by atoms with Crippen molar-refractivity contribution in [2.24, 2.45) is 0 Å². The van der Waals surface area contributed by atoms with Crippen LogP contribution in [0.2, 0.25) is 20.1 Å². The summed E-state index contributed by atoms with van der Waals surface area (Å²) >= 11 is 24.0. The number of amides is 1. The Kier molecular flexibility index (Phi) is 6.13. The van der Waals surface area contributed by atoms with Gasteiger partial charge in [-0.15, -0.1) is 0 Å². The van der Waals surface area contributed by atoms with E-state index >= 15 is 0 Å². The highest BCUT2D eigenvalue weighted by Gasteiger charge is 2.23. The lowest BCUT2D eigenvalue weighted by molar-refractivity contribution is 0.0628. The lowest BCUT2D eigenvalue weighted by atomic mass is 10.1. The maximum Gasteiger partial charge on any atom is 0.255 e. The normalized spacial score (nSPS) is 15.4. The van der Waals surface area contributed by atoms with Crippen LogP contribution in [0.4, 0.5) is 0 Å². The van der Waals surface area contributed by atoms with Gasteiger partial charge in [0.1, 0.15) is 0 Å². The highest BCUT2D eigenvalue weighted by molar-refractivity contribution is 6.42. The van der Waals surface area contributed by atoms with Crippen LogP contribution in [-0.2, 0) is 6.54 Å². The summed E-state index contributed by atoms with van der Waals surface area (Å²) in [7, 11) is 0. The summed E-state index contributed by atoms with van der Waals surface area (Å²) in [5, 5.41) is 2.02. The number of halogens is 4. The number of piperazine rings is 1. The quantitative estimate of drug-likeness (QED) is 0.679. The maximum absolute atomic E-state index is 12.6. The van der Waals surface area contributed by atoms with Gasteiger partial charge in [-0.3, -0.25) is 9.69 Å². The van der Waals surface area contributed by atoms with Crippen LogP contribution < -0.4 is 0 Å². The van der Waals surface area contributed by atoms with Gasteiger partial charge in [0, 0.05) is 37.7 Å². The molecule has 0 aromatic heterocycles. The molecule has 1 saturated heterocycles. The zero-order chi connectivity index (χ0) is 18.0. The molecular formula is C18H16Cl4N2O. The van der Waals surface area contributed by atoms with E-state index < -0.39 is 0 Å². The molecule has 1 heterocycles. The molecule has 2 aromatic carbocycles. The van der Waals surface area contributed by atoms with Gasteiger partial charge in [-0.25, -0.2) is 0 Å². The number of hydrogen-bond acceptors (Lipinski definition) is 2. The average Bonchev–Trinajstić information content (AvgIpc) is 2.58. The lowest BCUT2D eigenvalue weighted by Gasteiger charge is -2.35. The molecule has 0 unspecified atom stereocenters. The monoisotopic (exact) mass is 416 g/mol. The molecule has 7 heteroatoms. The number of hydrogen-bond donors (Lipinski definition) is 0. The molecule has 0 saturated carbocycles. The molecule has 3 rings (SSSR count). The van der Waals surface area contributed by atoms with Crippen molar-refractivity contribution in [2.75, 3.05) is 26.2 Å². The first-order valence-electron chi connectivity index (χ1n) is 7.84. The lowest BCUT2D eigenvalue weighted by Crippen LogP contribution is -2.48. The molecule has 1 amide bonds. The second-order valence-electron chi connectivity index (χ2n) is 5.94. The first-order valence-corrected chi connectivity index (χ1v) is 9.36. The fraction of sp³-hybridized carbons (Fsp3) is 0.278. The summed E-state index contributed by atoms with van der Waals surface area (Å²) in [6.07, 6.45) is 0. The predicted octanol–water partition coefficient (Wildman–Crippen LogP) is 5.26. The second-order valence-corrected chi connectivity index (χ2v) is 7.60. The molecule has 0 radical (unpaired) electrons. The SMILES string of the molecule is O=C(c1ccc(Cl)cc1Cl)N1CCN(Cc2ccc(Cl)c(Cl)c2)CC1. The van der Waals surface area contributed by atoms with E-state index in [1.807, 2.05) is 23.1 Å². The summed E-state index contributed by atoms with van der Waals surface area (Å²) in [4.78, 5) is 16.7. The van der Waals surface area contributed by atoms with Gasteiger partial charge >= 0.3 is 0 Å². The van der Waals surface area contributed by atoms with E-state index in [-0.39, 0.29) is 5.91 Å². The van der Waals surface area contributed by atoms with Crippen molar-refractivity contribution in [3.05, 3.63) is 67.6 Å². The van der Waals surface area contributed by atoms with Gasteiger partial charge in [-0.2, -0.15) is 0 Å². The molecule has 1 aliphatic heterocycles. The number of benzene rings is 2. The average molecular weight is 418 g/mol. The molecule has 0 N–H and O–H groups in total. The fourth-order valence-corrected chi connectivity index (χ4v) is 3.65. The van der Waals surface area contributed by atoms with Crippen LogP contribution in [0.5, 0.6) is 0 Å². The Bertz CT molecular complexity index is 789. The molecule has 0 atom stereocenters. The smallest absolute Gasteiger partial charge is 0.255 e. The Hall–Kier alpha value is -0.970. The third-order valence-corrected chi connectivity index (χ3v) is 5.50. The van der Waals surface area contributed by atoms with Gasteiger partial charge in [0.05, 0.1) is 20.6 Å². The highest BCUT2D eigenvalue weighted by Crippen LogP contribution is 2.25. The van der Waals surface area contributed by atoms with Crippen LogP contribution in [0.15, 0.2) is 36.4 Å². The van der Waals surface area contributed by atoms with Gasteiger partial charge in [-0.1, -0.05) is 52.5 Å². The van der Waals surface area contributed by atoms with E-state index in [1.54, 1.807) is 18.2 Å². The van der Waals surface area contributed by atoms with Crippen molar-refractivity contribution in [1.82, 2.24) is 9.80 Å². The van der Waals surface area contributed by atoms with E-state index in [1.165, 1.54) is 0 Å². The fourth-order valence-electron chi connectivity index (χ4n) is 2.84. The standard InChI is InChI=1S/C18H16Cl4N2O/c19-13-2-3-14(16(21)10-13)18(25)24-7-5-23(6-8-24)11-12-1-4-15(20)17(22)9-12/h1-4,9-10H,5-8,11H2. The van der Waals surface area contributed by atoms with Gasteiger partial charge in [0.2, 0.25) is 0 Å². The van der Waals surface area contributed by atoms with Crippen LogP contribution in [0.25, 0.3) is 0 Å². The molecule has 132 valence electrons.